The van der Waals surface area contributed by atoms with E-state index in [2.05, 4.69) is 15.7 Å². The maximum Gasteiger partial charge on any atom is 0.315 e. The van der Waals surface area contributed by atoms with Gasteiger partial charge in [-0.25, -0.2) is 4.79 Å². The number of aryl methyl sites for hydroxylation is 1. The third-order valence-electron chi connectivity index (χ3n) is 4.04. The van der Waals surface area contributed by atoms with Crippen molar-refractivity contribution in [2.75, 3.05) is 20.6 Å². The number of hydrogen-bond donors (Lipinski definition) is 2. The van der Waals surface area contributed by atoms with Gasteiger partial charge < -0.3 is 15.1 Å². The van der Waals surface area contributed by atoms with E-state index in [1.54, 1.807) is 17.1 Å². The standard InChI is InChI=1S/C16H25N5O2/c1-11(13-9-18-21(5)12(13)2)19-16(22)17-10-14(20(3)4)15-7-6-8-23-15/h6-9,11,14H,10H2,1-5H3,(H2,17,19,22)/t11-,14+/m1/s1. The first-order valence-corrected chi connectivity index (χ1v) is 7.62. The van der Waals surface area contributed by atoms with Gasteiger partial charge >= 0.3 is 6.03 Å². The average molecular weight is 319 g/mol. The molecule has 0 aliphatic carbocycles. The molecule has 2 atom stereocenters. The van der Waals surface area contributed by atoms with Gasteiger partial charge in [0, 0.05) is 24.8 Å². The van der Waals surface area contributed by atoms with E-state index in [1.165, 1.54) is 0 Å². The van der Waals surface area contributed by atoms with Crippen LogP contribution in [0.5, 0.6) is 0 Å². The van der Waals surface area contributed by atoms with Gasteiger partial charge in [-0.2, -0.15) is 5.10 Å². The molecule has 2 amide bonds. The molecule has 0 bridgehead atoms. The number of urea groups is 1. The van der Waals surface area contributed by atoms with Gasteiger partial charge in [-0.1, -0.05) is 0 Å². The number of nitrogens with zero attached hydrogens (tertiary/aromatic N) is 3. The summed E-state index contributed by atoms with van der Waals surface area (Å²) in [5.74, 6) is 0.825. The van der Waals surface area contributed by atoms with Crippen LogP contribution in [-0.4, -0.2) is 41.4 Å². The van der Waals surface area contributed by atoms with E-state index in [9.17, 15) is 4.79 Å². The molecule has 2 rings (SSSR count). The lowest BCUT2D eigenvalue weighted by molar-refractivity contribution is 0.223. The molecule has 7 nitrogen and oxygen atoms in total. The van der Waals surface area contributed by atoms with Crippen molar-refractivity contribution in [1.29, 1.82) is 0 Å². The SMILES string of the molecule is Cc1c([C@@H](C)NC(=O)NC[C@@H](c2ccco2)N(C)C)cnn1C. The molecule has 0 aliphatic rings. The molecule has 126 valence electrons. The number of amides is 2. The molecule has 0 fully saturated rings. The lowest BCUT2D eigenvalue weighted by Gasteiger charge is -2.23. The van der Waals surface area contributed by atoms with E-state index in [4.69, 9.17) is 4.42 Å². The first kappa shape index (κ1) is 17.1. The summed E-state index contributed by atoms with van der Waals surface area (Å²) in [4.78, 5) is 14.2. The Bertz CT molecular complexity index is 633. The van der Waals surface area contributed by atoms with E-state index < -0.39 is 0 Å². The molecule has 7 heteroatoms. The lowest BCUT2D eigenvalue weighted by Crippen LogP contribution is -2.41. The van der Waals surface area contributed by atoms with Crippen LogP contribution in [0.4, 0.5) is 4.79 Å². The Hall–Kier alpha value is -2.28. The van der Waals surface area contributed by atoms with Crippen molar-refractivity contribution >= 4 is 6.03 Å². The minimum atomic E-state index is -0.209. The number of carbonyl (C=O) groups is 1. The van der Waals surface area contributed by atoms with Crippen LogP contribution in [0, 0.1) is 6.92 Å². The molecular formula is C16H25N5O2. The summed E-state index contributed by atoms with van der Waals surface area (Å²) in [6, 6.07) is 3.43. The van der Waals surface area contributed by atoms with Gasteiger partial charge in [-0.3, -0.25) is 9.58 Å². The Labute approximate surface area is 136 Å². The number of aromatic nitrogens is 2. The molecule has 2 aromatic heterocycles. The summed E-state index contributed by atoms with van der Waals surface area (Å²) >= 11 is 0. The van der Waals surface area contributed by atoms with Crippen LogP contribution in [-0.2, 0) is 7.05 Å². The van der Waals surface area contributed by atoms with Crippen LogP contribution in [0.1, 0.15) is 36.0 Å². The number of likely N-dealkylation sites (N-methyl/N-ethyl adjacent to an activating group) is 1. The van der Waals surface area contributed by atoms with Crippen molar-refractivity contribution < 1.29 is 9.21 Å². The lowest BCUT2D eigenvalue weighted by atomic mass is 10.1. The zero-order valence-corrected chi connectivity index (χ0v) is 14.3. The second-order valence-electron chi connectivity index (χ2n) is 5.88. The van der Waals surface area contributed by atoms with E-state index >= 15 is 0 Å². The fourth-order valence-electron chi connectivity index (χ4n) is 2.47. The van der Waals surface area contributed by atoms with Crippen molar-refractivity contribution in [3.8, 4) is 0 Å². The minimum absolute atomic E-state index is 0.00816. The van der Waals surface area contributed by atoms with Crippen molar-refractivity contribution in [3.63, 3.8) is 0 Å². The fourth-order valence-corrected chi connectivity index (χ4v) is 2.47. The van der Waals surface area contributed by atoms with Gasteiger partial charge in [-0.15, -0.1) is 0 Å². The van der Waals surface area contributed by atoms with E-state index in [1.807, 2.05) is 52.0 Å². The van der Waals surface area contributed by atoms with Crippen LogP contribution in [0.25, 0.3) is 0 Å². The second kappa shape index (κ2) is 7.32. The Morgan fingerprint density at radius 3 is 2.74 bits per heavy atom. The summed E-state index contributed by atoms with van der Waals surface area (Å²) in [7, 11) is 5.79. The third kappa shape index (κ3) is 4.13. The van der Waals surface area contributed by atoms with Gasteiger partial charge in [0.05, 0.1) is 24.5 Å². The number of furan rings is 1. The van der Waals surface area contributed by atoms with Gasteiger partial charge in [-0.05, 0) is 40.1 Å². The summed E-state index contributed by atoms with van der Waals surface area (Å²) in [5, 5.41) is 10.0. The Morgan fingerprint density at radius 1 is 1.48 bits per heavy atom. The molecule has 0 radical (unpaired) electrons. The molecule has 2 N–H and O–H groups in total. The van der Waals surface area contributed by atoms with Crippen LogP contribution < -0.4 is 10.6 Å². The molecule has 0 spiro atoms. The van der Waals surface area contributed by atoms with Crippen LogP contribution in [0.15, 0.2) is 29.0 Å². The van der Waals surface area contributed by atoms with Gasteiger partial charge in [0.25, 0.3) is 0 Å². The van der Waals surface area contributed by atoms with Crippen molar-refractivity contribution in [2.24, 2.45) is 7.05 Å². The first-order chi connectivity index (χ1) is 10.9. The summed E-state index contributed by atoms with van der Waals surface area (Å²) in [6.45, 7) is 4.39. The molecule has 0 saturated carbocycles. The maximum atomic E-state index is 12.1. The Morgan fingerprint density at radius 2 is 2.22 bits per heavy atom. The molecule has 0 aliphatic heterocycles. The van der Waals surface area contributed by atoms with Crippen LogP contribution in [0.3, 0.4) is 0 Å². The number of carbonyl (C=O) groups excluding carboxylic acids is 1. The average Bonchev–Trinajstić information content (AvgIpc) is 3.10. The molecule has 2 aromatic rings. The quantitative estimate of drug-likeness (QED) is 0.854. The summed E-state index contributed by atoms with van der Waals surface area (Å²) in [6.07, 6.45) is 3.42. The predicted octanol–water partition coefficient (Wildman–Crippen LogP) is 1.98. The van der Waals surface area contributed by atoms with Crippen LogP contribution >= 0.6 is 0 Å². The maximum absolute atomic E-state index is 12.1. The zero-order chi connectivity index (χ0) is 17.0. The molecular weight excluding hydrogens is 294 g/mol. The van der Waals surface area contributed by atoms with Gasteiger partial charge in [0.15, 0.2) is 0 Å². The summed E-state index contributed by atoms with van der Waals surface area (Å²) in [5.41, 5.74) is 2.05. The minimum Gasteiger partial charge on any atom is -0.468 e. The van der Waals surface area contributed by atoms with Gasteiger partial charge in [0.1, 0.15) is 5.76 Å². The highest BCUT2D eigenvalue weighted by molar-refractivity contribution is 5.74. The van der Waals surface area contributed by atoms with Crippen LogP contribution in [0.2, 0.25) is 0 Å². The summed E-state index contributed by atoms with van der Waals surface area (Å²) < 4.78 is 7.23. The third-order valence-corrected chi connectivity index (χ3v) is 4.04. The van der Waals surface area contributed by atoms with Crippen molar-refractivity contribution in [2.45, 2.75) is 25.9 Å². The van der Waals surface area contributed by atoms with Crippen molar-refractivity contribution in [3.05, 3.63) is 41.6 Å². The van der Waals surface area contributed by atoms with Gasteiger partial charge in [0.2, 0.25) is 0 Å². The van der Waals surface area contributed by atoms with E-state index in [-0.39, 0.29) is 18.1 Å². The zero-order valence-electron chi connectivity index (χ0n) is 14.3. The topological polar surface area (TPSA) is 75.3 Å². The predicted molar refractivity (Wildman–Crippen MR) is 88.0 cm³/mol. The molecule has 2 heterocycles. The Balaban J connectivity index is 1.90. The molecule has 0 unspecified atom stereocenters. The fraction of sp³-hybridized carbons (Fsp3) is 0.500. The smallest absolute Gasteiger partial charge is 0.315 e. The monoisotopic (exact) mass is 319 g/mol. The molecule has 0 saturated heterocycles. The number of nitrogens with one attached hydrogen (secondary N) is 2. The largest absolute Gasteiger partial charge is 0.468 e. The highest BCUT2D eigenvalue weighted by Gasteiger charge is 2.19. The highest BCUT2D eigenvalue weighted by Crippen LogP contribution is 2.18. The van der Waals surface area contributed by atoms with E-state index in [0.29, 0.717) is 6.54 Å². The second-order valence-corrected chi connectivity index (χ2v) is 5.88. The molecule has 23 heavy (non-hydrogen) atoms. The highest BCUT2D eigenvalue weighted by atomic mass is 16.3. The first-order valence-electron chi connectivity index (χ1n) is 7.62. The van der Waals surface area contributed by atoms with Crippen molar-refractivity contribution in [1.82, 2.24) is 25.3 Å². The Kier molecular flexibility index (Phi) is 5.44. The number of rotatable bonds is 6. The number of hydrogen-bond acceptors (Lipinski definition) is 4. The normalized spacial score (nSPS) is 13.8. The van der Waals surface area contributed by atoms with E-state index in [0.717, 1.165) is 17.0 Å². The molecule has 0 aromatic carbocycles.